The Bertz CT molecular complexity index is 838. The number of carbonyl (C=O) groups excluding carboxylic acids is 1. The molecule has 0 fully saturated rings. The number of nitrogens with one attached hydrogen (secondary N) is 1. The second-order valence-electron chi connectivity index (χ2n) is 5.40. The van der Waals surface area contributed by atoms with Crippen molar-refractivity contribution in [1.29, 1.82) is 10.5 Å². The van der Waals surface area contributed by atoms with Gasteiger partial charge in [0.1, 0.15) is 12.1 Å². The standard InChI is InChI=1S/C19H16N4O2/c1-13(2)25-19(24)16-5-3-14(4-6-16)15-7-9-17(10-8-15)22-23-18(11-20)12-21/h3-10,13,22H,1-2H3. The van der Waals surface area contributed by atoms with Gasteiger partial charge < -0.3 is 4.74 Å². The number of rotatable bonds is 5. The highest BCUT2D eigenvalue weighted by atomic mass is 16.5. The first-order chi connectivity index (χ1) is 12.0. The predicted molar refractivity (Wildman–Crippen MR) is 94.7 cm³/mol. The molecule has 0 saturated carbocycles. The van der Waals surface area contributed by atoms with E-state index < -0.39 is 0 Å². The SMILES string of the molecule is CC(C)OC(=O)c1ccc(-c2ccc(NN=C(C#N)C#N)cc2)cc1. The van der Waals surface area contributed by atoms with Crippen LogP contribution in [0.5, 0.6) is 0 Å². The van der Waals surface area contributed by atoms with Crippen molar-refractivity contribution in [3.63, 3.8) is 0 Å². The fourth-order valence-electron chi connectivity index (χ4n) is 2.01. The van der Waals surface area contributed by atoms with E-state index in [0.29, 0.717) is 11.3 Å². The summed E-state index contributed by atoms with van der Waals surface area (Å²) in [5, 5.41) is 20.9. The number of hydrogen-bond donors (Lipinski definition) is 1. The lowest BCUT2D eigenvalue weighted by molar-refractivity contribution is 0.0378. The van der Waals surface area contributed by atoms with Crippen molar-refractivity contribution in [2.45, 2.75) is 20.0 Å². The summed E-state index contributed by atoms with van der Waals surface area (Å²) >= 11 is 0. The lowest BCUT2D eigenvalue weighted by Gasteiger charge is -2.08. The normalized spacial score (nSPS) is 9.64. The minimum absolute atomic E-state index is 0.155. The topological polar surface area (TPSA) is 98.3 Å². The van der Waals surface area contributed by atoms with Gasteiger partial charge in [-0.25, -0.2) is 4.79 Å². The van der Waals surface area contributed by atoms with Crippen molar-refractivity contribution in [3.05, 3.63) is 54.1 Å². The molecular formula is C19H16N4O2. The quantitative estimate of drug-likeness (QED) is 0.511. The molecule has 2 aromatic carbocycles. The summed E-state index contributed by atoms with van der Waals surface area (Å²) in [7, 11) is 0. The van der Waals surface area contributed by atoms with Gasteiger partial charge in [-0.2, -0.15) is 15.6 Å². The molecule has 0 spiro atoms. The highest BCUT2D eigenvalue weighted by molar-refractivity contribution is 6.10. The van der Waals surface area contributed by atoms with Gasteiger partial charge in [0.15, 0.2) is 0 Å². The van der Waals surface area contributed by atoms with Gasteiger partial charge in [0.05, 0.1) is 17.4 Å². The summed E-state index contributed by atoms with van der Waals surface area (Å²) in [6, 6.07) is 17.8. The molecule has 0 saturated heterocycles. The van der Waals surface area contributed by atoms with E-state index in [2.05, 4.69) is 10.5 Å². The van der Waals surface area contributed by atoms with Crippen LogP contribution in [-0.4, -0.2) is 17.8 Å². The average molecular weight is 332 g/mol. The van der Waals surface area contributed by atoms with Crippen LogP contribution in [0.15, 0.2) is 53.6 Å². The number of hydrazone groups is 1. The Morgan fingerprint density at radius 3 is 2.00 bits per heavy atom. The third-order valence-electron chi connectivity index (χ3n) is 3.19. The Balaban J connectivity index is 2.10. The zero-order chi connectivity index (χ0) is 18.2. The summed E-state index contributed by atoms with van der Waals surface area (Å²) in [4.78, 5) is 11.8. The molecule has 2 aromatic rings. The summed E-state index contributed by atoms with van der Waals surface area (Å²) in [5.74, 6) is -0.343. The van der Waals surface area contributed by atoms with Crippen LogP contribution in [0.1, 0.15) is 24.2 Å². The van der Waals surface area contributed by atoms with E-state index in [1.165, 1.54) is 0 Å². The van der Waals surface area contributed by atoms with Crippen LogP contribution in [-0.2, 0) is 4.74 Å². The van der Waals surface area contributed by atoms with Crippen molar-refractivity contribution in [2.75, 3.05) is 5.43 Å². The van der Waals surface area contributed by atoms with Gasteiger partial charge in [-0.3, -0.25) is 5.43 Å². The number of esters is 1. The Labute approximate surface area is 146 Å². The first-order valence-corrected chi connectivity index (χ1v) is 7.59. The molecule has 6 nitrogen and oxygen atoms in total. The molecule has 124 valence electrons. The van der Waals surface area contributed by atoms with Crippen LogP contribution in [0.25, 0.3) is 11.1 Å². The molecule has 0 aliphatic heterocycles. The fourth-order valence-corrected chi connectivity index (χ4v) is 2.01. The van der Waals surface area contributed by atoms with Crippen LogP contribution >= 0.6 is 0 Å². The molecule has 0 atom stereocenters. The lowest BCUT2D eigenvalue weighted by atomic mass is 10.0. The molecule has 0 aliphatic carbocycles. The fraction of sp³-hybridized carbons (Fsp3) is 0.158. The highest BCUT2D eigenvalue weighted by Gasteiger charge is 2.09. The van der Waals surface area contributed by atoms with E-state index in [1.54, 1.807) is 36.4 Å². The van der Waals surface area contributed by atoms with Crippen molar-refractivity contribution in [2.24, 2.45) is 5.10 Å². The smallest absolute Gasteiger partial charge is 0.338 e. The van der Waals surface area contributed by atoms with E-state index >= 15 is 0 Å². The maximum atomic E-state index is 11.8. The van der Waals surface area contributed by atoms with Crippen LogP contribution in [0.4, 0.5) is 5.69 Å². The highest BCUT2D eigenvalue weighted by Crippen LogP contribution is 2.22. The third kappa shape index (κ3) is 4.92. The Hall–Kier alpha value is -3.64. The summed E-state index contributed by atoms with van der Waals surface area (Å²) in [6.45, 7) is 3.62. The monoisotopic (exact) mass is 332 g/mol. The number of carbonyl (C=O) groups is 1. The van der Waals surface area contributed by atoms with E-state index in [9.17, 15) is 4.79 Å². The zero-order valence-electron chi connectivity index (χ0n) is 13.9. The summed E-state index contributed by atoms with van der Waals surface area (Å²) in [5.41, 5.74) is 5.48. The minimum atomic E-state index is -0.343. The van der Waals surface area contributed by atoms with Crippen LogP contribution in [0.2, 0.25) is 0 Å². The molecule has 0 amide bonds. The van der Waals surface area contributed by atoms with E-state index in [-0.39, 0.29) is 17.8 Å². The molecule has 0 bridgehead atoms. The largest absolute Gasteiger partial charge is 0.459 e. The summed E-state index contributed by atoms with van der Waals surface area (Å²) < 4.78 is 5.16. The van der Waals surface area contributed by atoms with Gasteiger partial charge in [-0.1, -0.05) is 24.3 Å². The van der Waals surface area contributed by atoms with Crippen LogP contribution < -0.4 is 5.43 Å². The maximum Gasteiger partial charge on any atom is 0.338 e. The van der Waals surface area contributed by atoms with Gasteiger partial charge in [0.2, 0.25) is 5.71 Å². The van der Waals surface area contributed by atoms with Gasteiger partial charge in [-0.15, -0.1) is 0 Å². The van der Waals surface area contributed by atoms with Crippen LogP contribution in [0.3, 0.4) is 0 Å². The molecule has 0 heterocycles. The van der Waals surface area contributed by atoms with Crippen molar-refractivity contribution in [3.8, 4) is 23.3 Å². The number of benzene rings is 2. The number of hydrogen-bond acceptors (Lipinski definition) is 6. The average Bonchev–Trinajstić information content (AvgIpc) is 2.62. The molecule has 1 N–H and O–H groups in total. The molecular weight excluding hydrogens is 316 g/mol. The molecule has 0 unspecified atom stereocenters. The van der Waals surface area contributed by atoms with E-state index in [0.717, 1.165) is 11.1 Å². The molecule has 6 heteroatoms. The maximum absolute atomic E-state index is 11.8. The van der Waals surface area contributed by atoms with E-state index in [1.807, 2.05) is 38.1 Å². The number of ether oxygens (including phenoxy) is 1. The van der Waals surface area contributed by atoms with Crippen molar-refractivity contribution in [1.82, 2.24) is 0 Å². The minimum Gasteiger partial charge on any atom is -0.459 e. The number of nitriles is 2. The Kier molecular flexibility index (Phi) is 5.86. The van der Waals surface area contributed by atoms with Gasteiger partial charge in [-0.05, 0) is 49.2 Å². The Morgan fingerprint density at radius 2 is 1.52 bits per heavy atom. The lowest BCUT2D eigenvalue weighted by Crippen LogP contribution is -2.11. The predicted octanol–water partition coefficient (Wildman–Crippen LogP) is 3.73. The zero-order valence-corrected chi connectivity index (χ0v) is 13.9. The number of anilines is 1. The van der Waals surface area contributed by atoms with Crippen molar-refractivity contribution < 1.29 is 9.53 Å². The molecule has 0 radical (unpaired) electrons. The summed E-state index contributed by atoms with van der Waals surface area (Å²) in [6.07, 6.45) is -0.155. The second-order valence-corrected chi connectivity index (χ2v) is 5.40. The van der Waals surface area contributed by atoms with Gasteiger partial charge >= 0.3 is 5.97 Å². The Morgan fingerprint density at radius 1 is 1.00 bits per heavy atom. The molecule has 2 rings (SSSR count). The van der Waals surface area contributed by atoms with Gasteiger partial charge in [0, 0.05) is 0 Å². The van der Waals surface area contributed by atoms with Crippen molar-refractivity contribution >= 4 is 17.4 Å². The second kappa shape index (κ2) is 8.28. The van der Waals surface area contributed by atoms with Crippen LogP contribution in [0, 0.1) is 22.7 Å². The van der Waals surface area contributed by atoms with E-state index in [4.69, 9.17) is 15.3 Å². The first kappa shape index (κ1) is 17.7. The van der Waals surface area contributed by atoms with Gasteiger partial charge in [0.25, 0.3) is 0 Å². The number of nitrogens with zero attached hydrogens (tertiary/aromatic N) is 3. The first-order valence-electron chi connectivity index (χ1n) is 7.59. The molecule has 25 heavy (non-hydrogen) atoms. The molecule has 0 aliphatic rings. The third-order valence-corrected chi connectivity index (χ3v) is 3.19. The molecule has 0 aromatic heterocycles.